The largest absolute Gasteiger partial charge is 0.465 e. The summed E-state index contributed by atoms with van der Waals surface area (Å²) in [6.45, 7) is 4.63. The number of esters is 1. The molecule has 0 aromatic heterocycles. The molecule has 0 amide bonds. The smallest absolute Gasteiger partial charge is 0.337 e. The van der Waals surface area contributed by atoms with Gasteiger partial charge in [-0.2, -0.15) is 0 Å². The Kier molecular flexibility index (Phi) is 4.13. The Morgan fingerprint density at radius 3 is 2.84 bits per heavy atom. The van der Waals surface area contributed by atoms with Gasteiger partial charge < -0.3 is 10.1 Å². The van der Waals surface area contributed by atoms with E-state index in [1.807, 2.05) is 18.2 Å². The number of nitrogens with one attached hydrogen (secondary N) is 1. The van der Waals surface area contributed by atoms with Crippen molar-refractivity contribution in [2.75, 3.05) is 12.4 Å². The number of hydrogen-bond donors (Lipinski definition) is 1. The highest BCUT2D eigenvalue weighted by atomic mass is 16.5. The fraction of sp³-hybridized carbons (Fsp3) is 0.562. The average molecular weight is 261 g/mol. The van der Waals surface area contributed by atoms with Gasteiger partial charge in [-0.25, -0.2) is 4.79 Å². The summed E-state index contributed by atoms with van der Waals surface area (Å²) >= 11 is 0. The van der Waals surface area contributed by atoms with E-state index in [0.29, 0.717) is 17.0 Å². The first-order valence-corrected chi connectivity index (χ1v) is 6.98. The molecule has 0 aliphatic heterocycles. The Hall–Kier alpha value is -1.51. The number of anilines is 1. The molecule has 0 spiro atoms. The average Bonchev–Trinajstić information content (AvgIpc) is 2.40. The van der Waals surface area contributed by atoms with E-state index >= 15 is 0 Å². The minimum atomic E-state index is -0.286. The zero-order valence-corrected chi connectivity index (χ0v) is 12.0. The molecular formula is C16H23NO2. The van der Waals surface area contributed by atoms with Crippen LogP contribution in [0.25, 0.3) is 0 Å². The van der Waals surface area contributed by atoms with Crippen LogP contribution in [0.2, 0.25) is 0 Å². The molecule has 1 atom stereocenters. The van der Waals surface area contributed by atoms with Crippen molar-refractivity contribution in [2.24, 2.45) is 5.41 Å². The molecule has 0 bridgehead atoms. The van der Waals surface area contributed by atoms with Crippen molar-refractivity contribution in [3.8, 4) is 0 Å². The van der Waals surface area contributed by atoms with Gasteiger partial charge in [-0.1, -0.05) is 32.8 Å². The Labute approximate surface area is 115 Å². The van der Waals surface area contributed by atoms with E-state index in [4.69, 9.17) is 4.74 Å². The first-order valence-electron chi connectivity index (χ1n) is 6.98. The number of methoxy groups -OCH3 is 1. The van der Waals surface area contributed by atoms with Crippen LogP contribution in [0.4, 0.5) is 5.69 Å². The molecule has 1 aliphatic rings. The van der Waals surface area contributed by atoms with E-state index in [9.17, 15) is 4.79 Å². The van der Waals surface area contributed by atoms with Crippen molar-refractivity contribution >= 4 is 11.7 Å². The molecule has 3 nitrogen and oxygen atoms in total. The van der Waals surface area contributed by atoms with Crippen LogP contribution in [-0.4, -0.2) is 19.1 Å². The van der Waals surface area contributed by atoms with Crippen LogP contribution < -0.4 is 5.32 Å². The first-order chi connectivity index (χ1) is 9.03. The second-order valence-electron chi connectivity index (χ2n) is 6.00. The molecule has 1 unspecified atom stereocenters. The van der Waals surface area contributed by atoms with Gasteiger partial charge in [0.2, 0.25) is 0 Å². The Bertz CT molecular complexity index is 454. The third-order valence-electron chi connectivity index (χ3n) is 4.13. The van der Waals surface area contributed by atoms with Gasteiger partial charge in [-0.15, -0.1) is 0 Å². The molecule has 104 valence electrons. The van der Waals surface area contributed by atoms with E-state index in [-0.39, 0.29) is 5.97 Å². The van der Waals surface area contributed by atoms with E-state index < -0.39 is 0 Å². The summed E-state index contributed by atoms with van der Waals surface area (Å²) in [6, 6.07) is 8.02. The van der Waals surface area contributed by atoms with Crippen molar-refractivity contribution in [1.82, 2.24) is 0 Å². The summed E-state index contributed by atoms with van der Waals surface area (Å²) in [5.74, 6) is -0.286. The lowest BCUT2D eigenvalue weighted by Crippen LogP contribution is -2.38. The van der Waals surface area contributed by atoms with Crippen LogP contribution in [0.1, 0.15) is 49.9 Å². The van der Waals surface area contributed by atoms with Gasteiger partial charge in [-0.3, -0.25) is 0 Å². The van der Waals surface area contributed by atoms with Gasteiger partial charge in [0.1, 0.15) is 0 Å². The topological polar surface area (TPSA) is 38.3 Å². The quantitative estimate of drug-likeness (QED) is 0.840. The molecule has 0 heterocycles. The number of carbonyl (C=O) groups is 1. The van der Waals surface area contributed by atoms with Crippen LogP contribution in [0.3, 0.4) is 0 Å². The zero-order valence-electron chi connectivity index (χ0n) is 12.0. The van der Waals surface area contributed by atoms with Gasteiger partial charge in [0.15, 0.2) is 0 Å². The lowest BCUT2D eigenvalue weighted by molar-refractivity contribution is 0.0601. The molecule has 0 radical (unpaired) electrons. The van der Waals surface area contributed by atoms with E-state index in [1.54, 1.807) is 6.07 Å². The van der Waals surface area contributed by atoms with Crippen LogP contribution in [0, 0.1) is 5.41 Å². The van der Waals surface area contributed by atoms with Crippen molar-refractivity contribution in [3.63, 3.8) is 0 Å². The third-order valence-corrected chi connectivity index (χ3v) is 4.13. The minimum absolute atomic E-state index is 0.286. The van der Waals surface area contributed by atoms with Crippen LogP contribution in [0.15, 0.2) is 24.3 Å². The number of ether oxygens (including phenoxy) is 1. The van der Waals surface area contributed by atoms with Crippen LogP contribution in [0.5, 0.6) is 0 Å². The standard InChI is InChI=1S/C16H23NO2/c1-16(2)10-5-4-9-14(16)17-13-8-6-7-12(11-13)15(18)19-3/h6-8,11,14,17H,4-5,9-10H2,1-3H3. The van der Waals surface area contributed by atoms with Gasteiger partial charge in [0, 0.05) is 11.7 Å². The molecular weight excluding hydrogens is 238 g/mol. The minimum Gasteiger partial charge on any atom is -0.465 e. The molecule has 1 fully saturated rings. The predicted octanol–water partition coefficient (Wildman–Crippen LogP) is 3.85. The van der Waals surface area contributed by atoms with Gasteiger partial charge in [0.05, 0.1) is 12.7 Å². The summed E-state index contributed by atoms with van der Waals surface area (Å²) in [7, 11) is 1.41. The Morgan fingerprint density at radius 2 is 2.16 bits per heavy atom. The molecule has 1 aliphatic carbocycles. The number of benzene rings is 1. The van der Waals surface area contributed by atoms with Crippen molar-refractivity contribution in [1.29, 1.82) is 0 Å². The zero-order chi connectivity index (χ0) is 13.9. The fourth-order valence-electron chi connectivity index (χ4n) is 2.82. The second-order valence-corrected chi connectivity index (χ2v) is 6.00. The fourth-order valence-corrected chi connectivity index (χ4v) is 2.82. The maximum atomic E-state index is 11.5. The normalized spacial score (nSPS) is 21.7. The van der Waals surface area contributed by atoms with Gasteiger partial charge in [0.25, 0.3) is 0 Å². The number of rotatable bonds is 3. The summed E-state index contributed by atoms with van der Waals surface area (Å²) in [5.41, 5.74) is 1.91. The highest BCUT2D eigenvalue weighted by Crippen LogP contribution is 2.37. The van der Waals surface area contributed by atoms with E-state index in [1.165, 1.54) is 32.8 Å². The highest BCUT2D eigenvalue weighted by Gasteiger charge is 2.31. The van der Waals surface area contributed by atoms with Gasteiger partial charge in [-0.05, 0) is 36.5 Å². The lowest BCUT2D eigenvalue weighted by Gasteiger charge is -2.39. The Balaban J connectivity index is 2.12. The lowest BCUT2D eigenvalue weighted by atomic mass is 9.73. The van der Waals surface area contributed by atoms with Crippen LogP contribution in [-0.2, 0) is 4.74 Å². The number of carbonyl (C=O) groups excluding carboxylic acids is 1. The van der Waals surface area contributed by atoms with E-state index in [2.05, 4.69) is 19.2 Å². The summed E-state index contributed by atoms with van der Waals surface area (Å²) in [6.07, 6.45) is 5.03. The van der Waals surface area contributed by atoms with Crippen molar-refractivity contribution in [3.05, 3.63) is 29.8 Å². The molecule has 1 aromatic rings. The van der Waals surface area contributed by atoms with Crippen LogP contribution >= 0.6 is 0 Å². The molecule has 1 N–H and O–H groups in total. The van der Waals surface area contributed by atoms with E-state index in [0.717, 1.165) is 5.69 Å². The summed E-state index contributed by atoms with van der Waals surface area (Å²) < 4.78 is 4.76. The monoisotopic (exact) mass is 261 g/mol. The maximum Gasteiger partial charge on any atom is 0.337 e. The SMILES string of the molecule is COC(=O)c1cccc(NC2CCCCC2(C)C)c1. The first kappa shape index (κ1) is 13.9. The predicted molar refractivity (Wildman–Crippen MR) is 77.4 cm³/mol. The number of hydrogen-bond acceptors (Lipinski definition) is 3. The molecule has 1 saturated carbocycles. The molecule has 2 rings (SSSR count). The molecule has 0 saturated heterocycles. The van der Waals surface area contributed by atoms with Gasteiger partial charge >= 0.3 is 5.97 Å². The Morgan fingerprint density at radius 1 is 1.37 bits per heavy atom. The highest BCUT2D eigenvalue weighted by molar-refractivity contribution is 5.90. The second kappa shape index (κ2) is 5.64. The summed E-state index contributed by atoms with van der Waals surface area (Å²) in [4.78, 5) is 11.5. The molecule has 1 aromatic carbocycles. The van der Waals surface area contributed by atoms with Crippen molar-refractivity contribution < 1.29 is 9.53 Å². The maximum absolute atomic E-state index is 11.5. The third kappa shape index (κ3) is 3.28. The molecule has 3 heteroatoms. The van der Waals surface area contributed by atoms with Crippen molar-refractivity contribution in [2.45, 2.75) is 45.6 Å². The summed E-state index contributed by atoms with van der Waals surface area (Å²) in [5, 5.41) is 3.58. The molecule has 19 heavy (non-hydrogen) atoms.